The molecule has 1 rings (SSSR count). The number of nitrogen functional groups attached to an aromatic ring is 1. The first-order valence-corrected chi connectivity index (χ1v) is 4.16. The lowest BCUT2D eigenvalue weighted by atomic mass is 10.3. The van der Waals surface area contributed by atoms with E-state index in [0.29, 0.717) is 24.3 Å². The molecule has 0 aliphatic carbocycles. The molecule has 0 fully saturated rings. The Labute approximate surface area is 82.3 Å². The van der Waals surface area contributed by atoms with Crippen LogP contribution in [0.25, 0.3) is 0 Å². The summed E-state index contributed by atoms with van der Waals surface area (Å²) in [6, 6.07) is 0. The second-order valence-electron chi connectivity index (χ2n) is 2.78. The van der Waals surface area contributed by atoms with E-state index in [1.165, 1.54) is 10.9 Å². The molecule has 0 bridgehead atoms. The normalized spacial score (nSPS) is 9.43. The molecule has 0 saturated heterocycles. The highest BCUT2D eigenvalue weighted by Gasteiger charge is 2.13. The number of terminal acetylenes is 1. The zero-order valence-corrected chi connectivity index (χ0v) is 7.95. The first-order valence-electron chi connectivity index (χ1n) is 4.16. The fourth-order valence-corrected chi connectivity index (χ4v) is 1.06. The van der Waals surface area contributed by atoms with Gasteiger partial charge in [0.15, 0.2) is 0 Å². The number of hydrogen-bond donors (Lipinski definition) is 2. The molecular weight excluding hydrogens is 180 g/mol. The van der Waals surface area contributed by atoms with E-state index in [9.17, 15) is 4.79 Å². The molecule has 0 saturated carbocycles. The van der Waals surface area contributed by atoms with E-state index in [-0.39, 0.29) is 5.91 Å². The number of aromatic nitrogens is 2. The summed E-state index contributed by atoms with van der Waals surface area (Å²) < 4.78 is 1.43. The zero-order valence-electron chi connectivity index (χ0n) is 7.95. The van der Waals surface area contributed by atoms with Gasteiger partial charge in [-0.1, -0.05) is 0 Å². The third-order valence-corrected chi connectivity index (χ3v) is 1.74. The summed E-state index contributed by atoms with van der Waals surface area (Å²) in [6.45, 7) is 0.444. The van der Waals surface area contributed by atoms with Gasteiger partial charge in [0.2, 0.25) is 0 Å². The minimum atomic E-state index is -0.252. The maximum atomic E-state index is 11.5. The summed E-state index contributed by atoms with van der Waals surface area (Å²) >= 11 is 0. The number of anilines is 1. The molecule has 1 aromatic heterocycles. The Bertz CT molecular complexity index is 355. The predicted molar refractivity (Wildman–Crippen MR) is 53.4 cm³/mol. The molecule has 5 heteroatoms. The molecule has 0 aliphatic rings. The second-order valence-corrected chi connectivity index (χ2v) is 2.78. The van der Waals surface area contributed by atoms with Crippen molar-refractivity contribution in [1.82, 2.24) is 15.1 Å². The molecule has 0 atom stereocenters. The highest BCUT2D eigenvalue weighted by molar-refractivity contribution is 5.97. The Morgan fingerprint density at radius 1 is 1.86 bits per heavy atom. The summed E-state index contributed by atoms with van der Waals surface area (Å²) in [5.74, 6) is 2.18. The van der Waals surface area contributed by atoms with Gasteiger partial charge in [0.1, 0.15) is 5.69 Å². The second kappa shape index (κ2) is 4.33. The van der Waals surface area contributed by atoms with Crippen LogP contribution in [0.4, 0.5) is 5.69 Å². The summed E-state index contributed by atoms with van der Waals surface area (Å²) in [4.78, 5) is 11.5. The average Bonchev–Trinajstić information content (AvgIpc) is 2.46. The van der Waals surface area contributed by atoms with Crippen molar-refractivity contribution in [2.75, 3.05) is 12.3 Å². The highest BCUT2D eigenvalue weighted by Crippen LogP contribution is 2.08. The number of amides is 1. The molecule has 0 radical (unpaired) electrons. The van der Waals surface area contributed by atoms with Crippen molar-refractivity contribution < 1.29 is 4.79 Å². The number of carbonyl (C=O) groups excluding carboxylic acids is 1. The molecule has 0 aliphatic heterocycles. The van der Waals surface area contributed by atoms with Crippen LogP contribution < -0.4 is 11.1 Å². The highest BCUT2D eigenvalue weighted by atomic mass is 16.2. The van der Waals surface area contributed by atoms with Crippen LogP contribution in [0.3, 0.4) is 0 Å². The van der Waals surface area contributed by atoms with Crippen molar-refractivity contribution in [2.45, 2.75) is 6.42 Å². The standard InChI is InChI=1S/C9H12N4O/c1-3-4-5-11-9(14)8-7(10)6-12-13(8)2/h1,6H,4-5,10H2,2H3,(H,11,14). The summed E-state index contributed by atoms with van der Waals surface area (Å²) in [5.41, 5.74) is 6.29. The first-order chi connectivity index (χ1) is 6.66. The monoisotopic (exact) mass is 192 g/mol. The van der Waals surface area contributed by atoms with Crippen LogP contribution >= 0.6 is 0 Å². The fraction of sp³-hybridized carbons (Fsp3) is 0.333. The van der Waals surface area contributed by atoms with Crippen molar-refractivity contribution in [2.24, 2.45) is 7.05 Å². The lowest BCUT2D eigenvalue weighted by molar-refractivity contribution is 0.0946. The van der Waals surface area contributed by atoms with Crippen LogP contribution in [0.15, 0.2) is 6.20 Å². The van der Waals surface area contributed by atoms with Crippen LogP contribution in [0.1, 0.15) is 16.9 Å². The van der Waals surface area contributed by atoms with Crippen LogP contribution in [0, 0.1) is 12.3 Å². The summed E-state index contributed by atoms with van der Waals surface area (Å²) in [5, 5.41) is 6.50. The van der Waals surface area contributed by atoms with Gasteiger partial charge in [-0.05, 0) is 0 Å². The van der Waals surface area contributed by atoms with Gasteiger partial charge < -0.3 is 11.1 Å². The van der Waals surface area contributed by atoms with Crippen LogP contribution in [-0.2, 0) is 7.05 Å². The smallest absolute Gasteiger partial charge is 0.271 e. The van der Waals surface area contributed by atoms with Gasteiger partial charge in [0.25, 0.3) is 5.91 Å². The quantitative estimate of drug-likeness (QED) is 0.512. The maximum absolute atomic E-state index is 11.5. The predicted octanol–water partition coefficient (Wildman–Crippen LogP) is -0.245. The van der Waals surface area contributed by atoms with E-state index in [1.54, 1.807) is 7.05 Å². The first kappa shape index (κ1) is 10.1. The van der Waals surface area contributed by atoms with Crippen molar-refractivity contribution in [3.63, 3.8) is 0 Å². The van der Waals surface area contributed by atoms with Crippen LogP contribution in [0.5, 0.6) is 0 Å². The Balaban J connectivity index is 2.66. The Morgan fingerprint density at radius 2 is 2.57 bits per heavy atom. The molecule has 14 heavy (non-hydrogen) atoms. The van der Waals surface area contributed by atoms with Gasteiger partial charge in [-0.25, -0.2) is 0 Å². The van der Waals surface area contributed by atoms with Gasteiger partial charge >= 0.3 is 0 Å². The Hall–Kier alpha value is -1.96. The maximum Gasteiger partial charge on any atom is 0.271 e. The number of hydrogen-bond acceptors (Lipinski definition) is 3. The molecular formula is C9H12N4O. The minimum absolute atomic E-state index is 0.252. The van der Waals surface area contributed by atoms with Gasteiger partial charge in [0, 0.05) is 20.0 Å². The summed E-state index contributed by atoms with van der Waals surface area (Å²) in [6.07, 6.45) is 6.99. The number of nitrogens with two attached hydrogens (primary N) is 1. The van der Waals surface area contributed by atoms with E-state index in [1.807, 2.05) is 0 Å². The third kappa shape index (κ3) is 2.04. The largest absolute Gasteiger partial charge is 0.396 e. The van der Waals surface area contributed by atoms with Crippen molar-refractivity contribution in [3.8, 4) is 12.3 Å². The van der Waals surface area contributed by atoms with Crippen LogP contribution in [-0.4, -0.2) is 22.2 Å². The molecule has 0 aromatic carbocycles. The average molecular weight is 192 g/mol. The van der Waals surface area contributed by atoms with E-state index >= 15 is 0 Å². The van der Waals surface area contributed by atoms with Crippen molar-refractivity contribution >= 4 is 11.6 Å². The zero-order chi connectivity index (χ0) is 10.6. The topological polar surface area (TPSA) is 72.9 Å². The van der Waals surface area contributed by atoms with Crippen molar-refractivity contribution in [3.05, 3.63) is 11.9 Å². The molecule has 1 amide bonds. The molecule has 74 valence electrons. The van der Waals surface area contributed by atoms with E-state index in [2.05, 4.69) is 16.3 Å². The molecule has 1 aromatic rings. The molecule has 0 spiro atoms. The number of rotatable bonds is 3. The van der Waals surface area contributed by atoms with E-state index in [0.717, 1.165) is 0 Å². The summed E-state index contributed by atoms with van der Waals surface area (Å²) in [7, 11) is 1.66. The number of nitrogens with one attached hydrogen (secondary N) is 1. The number of nitrogens with zero attached hydrogens (tertiary/aromatic N) is 2. The fourth-order valence-electron chi connectivity index (χ4n) is 1.06. The Kier molecular flexibility index (Phi) is 3.13. The minimum Gasteiger partial charge on any atom is -0.396 e. The van der Waals surface area contributed by atoms with Crippen molar-refractivity contribution in [1.29, 1.82) is 0 Å². The van der Waals surface area contributed by atoms with Gasteiger partial charge in [-0.2, -0.15) is 5.10 Å². The number of carbonyl (C=O) groups is 1. The third-order valence-electron chi connectivity index (χ3n) is 1.74. The molecule has 0 unspecified atom stereocenters. The lowest BCUT2D eigenvalue weighted by Crippen LogP contribution is -2.27. The Morgan fingerprint density at radius 3 is 3.07 bits per heavy atom. The van der Waals surface area contributed by atoms with Crippen LogP contribution in [0.2, 0.25) is 0 Å². The molecule has 1 heterocycles. The SMILES string of the molecule is C#CCCNC(=O)c1c(N)cnn1C. The molecule has 3 N–H and O–H groups in total. The van der Waals surface area contributed by atoms with Gasteiger partial charge in [-0.3, -0.25) is 9.48 Å². The van der Waals surface area contributed by atoms with Gasteiger partial charge in [0.05, 0.1) is 11.9 Å². The van der Waals surface area contributed by atoms with E-state index in [4.69, 9.17) is 12.2 Å². The van der Waals surface area contributed by atoms with E-state index < -0.39 is 0 Å². The lowest BCUT2D eigenvalue weighted by Gasteiger charge is -2.03. The molecule has 5 nitrogen and oxygen atoms in total. The number of aryl methyl sites for hydroxylation is 1. The van der Waals surface area contributed by atoms with Gasteiger partial charge in [-0.15, -0.1) is 12.3 Å².